The Bertz CT molecular complexity index is 1040. The second-order valence-corrected chi connectivity index (χ2v) is 10.4. The average Bonchev–Trinajstić information content (AvgIpc) is 3.12. The van der Waals surface area contributed by atoms with E-state index >= 15 is 0 Å². The molecule has 186 valence electrons. The fourth-order valence-corrected chi connectivity index (χ4v) is 7.24. The molecular formula is C23H29F3N4O4. The Kier molecular flexibility index (Phi) is 5.20. The number of imide groups is 1. The smallest absolute Gasteiger partial charge is 0.389 e. The van der Waals surface area contributed by atoms with E-state index in [0.717, 1.165) is 11.1 Å². The van der Waals surface area contributed by atoms with Crippen LogP contribution in [0, 0.1) is 12.8 Å². The summed E-state index contributed by atoms with van der Waals surface area (Å²) in [5.41, 5.74) is -1.68. The number of hydrogen-bond donors (Lipinski definition) is 4. The van der Waals surface area contributed by atoms with Gasteiger partial charge >= 0.3 is 12.2 Å². The Morgan fingerprint density at radius 3 is 2.71 bits per heavy atom. The standard InChI is InChI=1S/C23H29F3N4O4/c1-13-3-4-15(34-27)9-16(13)20-10-14-11-30(8-2-5-23(24,25)26)17(14)22(20,33)7-6-21(12-20)18(31)28-19(32)29-21/h3-4,9,14,17,33H,2,5-8,10-12,27H2,1H3,(H2,28,29,31,32)/t14?,17-,20-,21+,22-/m1/s1. The van der Waals surface area contributed by atoms with Crippen molar-refractivity contribution in [2.45, 2.75) is 74.2 Å². The number of halogens is 3. The molecule has 1 aromatic rings. The Balaban J connectivity index is 1.54. The van der Waals surface area contributed by atoms with Crippen molar-refractivity contribution in [1.82, 2.24) is 15.5 Å². The number of likely N-dealkylation sites (tertiary alicyclic amines) is 1. The Morgan fingerprint density at radius 2 is 2.06 bits per heavy atom. The monoisotopic (exact) mass is 482 g/mol. The van der Waals surface area contributed by atoms with E-state index in [1.54, 1.807) is 12.1 Å². The molecule has 8 nitrogen and oxygen atoms in total. The number of hydrogen-bond acceptors (Lipinski definition) is 6. The molecule has 2 saturated heterocycles. The number of nitrogens with two attached hydrogens (primary N) is 1. The summed E-state index contributed by atoms with van der Waals surface area (Å²) in [6.07, 6.45) is -3.91. The van der Waals surface area contributed by atoms with Crippen molar-refractivity contribution < 1.29 is 32.7 Å². The second kappa shape index (κ2) is 7.56. The number of rotatable bonds is 5. The van der Waals surface area contributed by atoms with Crippen LogP contribution in [0.5, 0.6) is 5.75 Å². The van der Waals surface area contributed by atoms with Crippen molar-refractivity contribution in [1.29, 1.82) is 0 Å². The molecule has 5 rings (SSSR count). The second-order valence-electron chi connectivity index (χ2n) is 10.4. The molecule has 2 aliphatic carbocycles. The molecule has 0 aromatic heterocycles. The van der Waals surface area contributed by atoms with E-state index in [0.29, 0.717) is 18.7 Å². The summed E-state index contributed by atoms with van der Waals surface area (Å²) in [6.45, 7) is 2.73. The molecule has 4 fully saturated rings. The van der Waals surface area contributed by atoms with Crippen LogP contribution in [0.1, 0.15) is 49.7 Å². The molecule has 5 atom stereocenters. The zero-order chi connectivity index (χ0) is 24.5. The van der Waals surface area contributed by atoms with Crippen molar-refractivity contribution in [2.24, 2.45) is 11.8 Å². The quantitative estimate of drug-likeness (QED) is 0.377. The van der Waals surface area contributed by atoms with Gasteiger partial charge in [-0.05, 0) is 74.8 Å². The van der Waals surface area contributed by atoms with Crippen LogP contribution in [0.15, 0.2) is 18.2 Å². The van der Waals surface area contributed by atoms with Crippen LogP contribution >= 0.6 is 0 Å². The number of nitrogens with one attached hydrogen (secondary N) is 2. The summed E-state index contributed by atoms with van der Waals surface area (Å²) < 4.78 is 38.1. The van der Waals surface area contributed by atoms with Crippen LogP contribution < -0.4 is 21.4 Å². The maximum atomic E-state index is 12.9. The zero-order valence-electron chi connectivity index (χ0n) is 18.9. The number of alkyl halides is 3. The summed E-state index contributed by atoms with van der Waals surface area (Å²) in [5, 5.41) is 17.5. The number of carbonyl (C=O) groups is 2. The first-order chi connectivity index (χ1) is 15.9. The number of aryl methyl sites for hydroxylation is 1. The highest BCUT2D eigenvalue weighted by Gasteiger charge is 2.73. The first-order valence-corrected chi connectivity index (χ1v) is 11.6. The number of nitrogens with zero attached hydrogens (tertiary/aromatic N) is 1. The highest BCUT2D eigenvalue weighted by molar-refractivity contribution is 6.07. The minimum atomic E-state index is -4.22. The third-order valence-corrected chi connectivity index (χ3v) is 8.55. The van der Waals surface area contributed by atoms with Gasteiger partial charge in [-0.15, -0.1) is 0 Å². The van der Waals surface area contributed by atoms with Gasteiger partial charge in [-0.3, -0.25) is 15.0 Å². The van der Waals surface area contributed by atoms with Gasteiger partial charge in [-0.2, -0.15) is 19.1 Å². The van der Waals surface area contributed by atoms with E-state index in [1.807, 2.05) is 17.9 Å². The minimum Gasteiger partial charge on any atom is -0.412 e. The Labute approximate surface area is 194 Å². The molecule has 3 amide bonds. The molecular weight excluding hydrogens is 453 g/mol. The van der Waals surface area contributed by atoms with Crippen LogP contribution in [0.25, 0.3) is 0 Å². The van der Waals surface area contributed by atoms with E-state index in [4.69, 9.17) is 10.7 Å². The van der Waals surface area contributed by atoms with Crippen LogP contribution in [0.3, 0.4) is 0 Å². The van der Waals surface area contributed by atoms with Crippen molar-refractivity contribution in [3.05, 3.63) is 29.3 Å². The molecule has 34 heavy (non-hydrogen) atoms. The highest BCUT2D eigenvalue weighted by atomic mass is 19.4. The van der Waals surface area contributed by atoms with Crippen molar-refractivity contribution in [2.75, 3.05) is 13.1 Å². The fraction of sp³-hybridized carbons (Fsp3) is 0.652. The molecule has 2 saturated carbocycles. The third-order valence-electron chi connectivity index (χ3n) is 8.55. The van der Waals surface area contributed by atoms with E-state index < -0.39 is 41.1 Å². The van der Waals surface area contributed by atoms with Gasteiger partial charge in [-0.1, -0.05) is 6.07 Å². The zero-order valence-corrected chi connectivity index (χ0v) is 18.9. The lowest BCUT2D eigenvalue weighted by Gasteiger charge is -2.57. The predicted molar refractivity (Wildman–Crippen MR) is 115 cm³/mol. The van der Waals surface area contributed by atoms with Crippen molar-refractivity contribution in [3.8, 4) is 5.75 Å². The normalized spacial score (nSPS) is 37.1. The number of fused-ring (bicyclic) bond motifs is 3. The van der Waals surface area contributed by atoms with Crippen LogP contribution in [0.2, 0.25) is 0 Å². The van der Waals surface area contributed by atoms with E-state index in [1.165, 1.54) is 0 Å². The van der Waals surface area contributed by atoms with Gasteiger partial charge in [0.25, 0.3) is 5.91 Å². The lowest BCUT2D eigenvalue weighted by Crippen LogP contribution is -2.70. The molecule has 11 heteroatoms. The largest absolute Gasteiger partial charge is 0.412 e. The summed E-state index contributed by atoms with van der Waals surface area (Å²) in [4.78, 5) is 31.8. The molecule has 1 unspecified atom stereocenters. The van der Waals surface area contributed by atoms with Gasteiger partial charge < -0.3 is 15.3 Å². The maximum Gasteiger partial charge on any atom is 0.389 e. The van der Waals surface area contributed by atoms with Gasteiger partial charge in [-0.25, -0.2) is 4.79 Å². The Morgan fingerprint density at radius 1 is 1.29 bits per heavy atom. The van der Waals surface area contributed by atoms with Gasteiger partial charge in [0, 0.05) is 24.4 Å². The maximum absolute atomic E-state index is 12.9. The summed E-state index contributed by atoms with van der Waals surface area (Å²) in [6, 6.07) is 4.44. The van der Waals surface area contributed by atoms with Gasteiger partial charge in [0.2, 0.25) is 0 Å². The SMILES string of the molecule is Cc1ccc(ON)cc1[C@]12CC3CN(CCCC(F)(F)F)[C@H]3[C@]1(O)CC[C@@]1(C2)NC(=O)NC1=O. The Hall–Kier alpha value is -2.37. The van der Waals surface area contributed by atoms with Gasteiger partial charge in [0.1, 0.15) is 11.3 Å². The first-order valence-electron chi connectivity index (χ1n) is 11.6. The van der Waals surface area contributed by atoms with Gasteiger partial charge in [0.15, 0.2) is 0 Å². The highest BCUT2D eigenvalue weighted by Crippen LogP contribution is 2.65. The lowest BCUT2D eigenvalue weighted by molar-refractivity contribution is -0.153. The molecule has 1 aromatic carbocycles. The third kappa shape index (κ3) is 3.31. The van der Waals surface area contributed by atoms with Crippen LogP contribution in [0.4, 0.5) is 18.0 Å². The van der Waals surface area contributed by atoms with Crippen molar-refractivity contribution in [3.63, 3.8) is 0 Å². The summed E-state index contributed by atoms with van der Waals surface area (Å²) in [7, 11) is 0. The molecule has 2 aliphatic heterocycles. The van der Waals surface area contributed by atoms with E-state index in [-0.39, 0.29) is 44.2 Å². The van der Waals surface area contributed by atoms with Gasteiger partial charge in [0.05, 0.1) is 5.60 Å². The molecule has 2 heterocycles. The van der Waals surface area contributed by atoms with Crippen molar-refractivity contribution >= 4 is 11.9 Å². The molecule has 0 radical (unpaired) electrons. The molecule has 0 bridgehead atoms. The van der Waals surface area contributed by atoms with E-state index in [9.17, 15) is 27.9 Å². The van der Waals surface area contributed by atoms with Crippen LogP contribution in [-0.2, 0) is 10.2 Å². The fourth-order valence-electron chi connectivity index (χ4n) is 7.24. The first kappa shape index (κ1) is 23.4. The number of benzene rings is 1. The molecule has 1 spiro atoms. The lowest BCUT2D eigenvalue weighted by atomic mass is 9.55. The molecule has 4 aliphatic rings. The van der Waals surface area contributed by atoms with Crippen LogP contribution in [-0.4, -0.2) is 58.4 Å². The predicted octanol–water partition coefficient (Wildman–Crippen LogP) is 2.03. The summed E-state index contributed by atoms with van der Waals surface area (Å²) >= 11 is 0. The number of aliphatic hydroxyl groups is 1. The summed E-state index contributed by atoms with van der Waals surface area (Å²) in [5.74, 6) is 5.47. The topological polar surface area (TPSA) is 117 Å². The average molecular weight is 483 g/mol. The number of amides is 3. The number of urea groups is 1. The minimum absolute atomic E-state index is 0.0340. The molecule has 5 N–H and O–H groups in total. The number of carbonyl (C=O) groups excluding carboxylic acids is 2. The van der Waals surface area contributed by atoms with E-state index in [2.05, 4.69) is 10.6 Å².